The number of carboxylic acid groups (broad SMARTS) is 1. The molecule has 0 saturated heterocycles. The molecule has 206 valence electrons. The summed E-state index contributed by atoms with van der Waals surface area (Å²) >= 11 is 0. The Morgan fingerprint density at radius 3 is 2.42 bits per heavy atom. The molecule has 1 rings (SSSR count). The third-order valence-electron chi connectivity index (χ3n) is 6.39. The summed E-state index contributed by atoms with van der Waals surface area (Å²) < 4.78 is 5.72. The van der Waals surface area contributed by atoms with Gasteiger partial charge < -0.3 is 25.4 Å². The first-order valence-electron chi connectivity index (χ1n) is 13.4. The fourth-order valence-corrected chi connectivity index (χ4v) is 4.37. The van der Waals surface area contributed by atoms with Crippen molar-refractivity contribution >= 4 is 23.9 Å². The number of alkyl carbamates (subject to hydrolysis) is 1. The van der Waals surface area contributed by atoms with Gasteiger partial charge in [0, 0.05) is 20.0 Å². The van der Waals surface area contributed by atoms with E-state index in [-0.39, 0.29) is 24.3 Å². The maximum absolute atomic E-state index is 13.1. The number of carboxylic acids is 1. The number of rotatable bonds is 10. The first-order valence-corrected chi connectivity index (χ1v) is 13.4. The van der Waals surface area contributed by atoms with Gasteiger partial charge in [0.05, 0.1) is 0 Å². The van der Waals surface area contributed by atoms with Gasteiger partial charge in [-0.25, -0.2) is 9.59 Å². The molecule has 0 aromatic rings. The second kappa shape index (κ2) is 17.0. The van der Waals surface area contributed by atoms with Gasteiger partial charge in [-0.3, -0.25) is 9.59 Å². The van der Waals surface area contributed by atoms with Crippen LogP contribution in [0.1, 0.15) is 91.4 Å². The zero-order valence-corrected chi connectivity index (χ0v) is 22.8. The standard InChI is InChI=1S/C27H47N3O6/c1-6-7-8-9-12-15-21-16-13-10-11-14-20(25(32)30(4)5)18-23(26(33)34)28-24(31)22(17-19(2)3)29-27(35)36-21/h10-11,19-23H,6-9,12-18H2,1-5H3,(H,28,31)(H,29,35)(H,33,34)/b11-10-/t20?,21?,22-,23-/m0/s1. The normalized spacial score (nSPS) is 25.1. The number of carbonyl (C=O) groups is 4. The number of allylic oxidation sites excluding steroid dienone is 2. The van der Waals surface area contributed by atoms with E-state index in [0.29, 0.717) is 25.7 Å². The molecule has 1 aliphatic rings. The lowest BCUT2D eigenvalue weighted by atomic mass is 9.94. The van der Waals surface area contributed by atoms with Gasteiger partial charge in [0.2, 0.25) is 11.8 Å². The number of ether oxygens (including phenoxy) is 1. The molecule has 9 heteroatoms. The van der Waals surface area contributed by atoms with Crippen LogP contribution >= 0.6 is 0 Å². The highest BCUT2D eigenvalue weighted by Gasteiger charge is 2.32. The number of hydrogen-bond donors (Lipinski definition) is 3. The highest BCUT2D eigenvalue weighted by atomic mass is 16.6. The summed E-state index contributed by atoms with van der Waals surface area (Å²) in [7, 11) is 3.26. The maximum atomic E-state index is 13.1. The van der Waals surface area contributed by atoms with E-state index < -0.39 is 36.0 Å². The van der Waals surface area contributed by atoms with Crippen molar-refractivity contribution in [1.82, 2.24) is 15.5 Å². The van der Waals surface area contributed by atoms with E-state index in [9.17, 15) is 24.3 Å². The van der Waals surface area contributed by atoms with Crippen molar-refractivity contribution in [2.45, 2.75) is 110 Å². The molecule has 0 aromatic carbocycles. The number of cyclic esters (lactones) is 1. The Hall–Kier alpha value is -2.58. The molecule has 3 N–H and O–H groups in total. The zero-order chi connectivity index (χ0) is 27.1. The molecule has 9 nitrogen and oxygen atoms in total. The van der Waals surface area contributed by atoms with E-state index in [2.05, 4.69) is 17.6 Å². The Morgan fingerprint density at radius 1 is 1.11 bits per heavy atom. The summed E-state index contributed by atoms with van der Waals surface area (Å²) in [4.78, 5) is 52.0. The first kappa shape index (κ1) is 31.4. The van der Waals surface area contributed by atoms with Crippen LogP contribution in [0.4, 0.5) is 4.79 Å². The van der Waals surface area contributed by atoms with E-state index in [4.69, 9.17) is 4.74 Å². The molecule has 0 spiro atoms. The number of unbranched alkanes of at least 4 members (excludes halogenated alkanes) is 4. The molecule has 0 radical (unpaired) electrons. The van der Waals surface area contributed by atoms with Crippen LogP contribution in [0.15, 0.2) is 12.2 Å². The number of carbonyl (C=O) groups excluding carboxylic acids is 3. The van der Waals surface area contributed by atoms with Crippen LogP contribution in [0, 0.1) is 11.8 Å². The summed E-state index contributed by atoms with van der Waals surface area (Å²) in [6.45, 7) is 6.00. The van der Waals surface area contributed by atoms with Crippen molar-refractivity contribution < 1.29 is 29.0 Å². The molecular formula is C27H47N3O6. The van der Waals surface area contributed by atoms with Gasteiger partial charge in [-0.05, 0) is 50.9 Å². The predicted molar refractivity (Wildman–Crippen MR) is 139 cm³/mol. The van der Waals surface area contributed by atoms with Crippen LogP contribution in [0.3, 0.4) is 0 Å². The minimum atomic E-state index is -1.26. The van der Waals surface area contributed by atoms with E-state index in [0.717, 1.165) is 32.1 Å². The van der Waals surface area contributed by atoms with E-state index in [1.807, 2.05) is 26.0 Å². The van der Waals surface area contributed by atoms with Crippen LogP contribution < -0.4 is 10.6 Å². The number of aliphatic carboxylic acids is 1. The minimum Gasteiger partial charge on any atom is -0.480 e. The molecule has 0 aromatic heterocycles. The topological polar surface area (TPSA) is 125 Å². The first-order chi connectivity index (χ1) is 17.0. The fraction of sp³-hybridized carbons (Fsp3) is 0.778. The Labute approximate surface area is 216 Å². The number of nitrogens with zero attached hydrogens (tertiary/aromatic N) is 1. The van der Waals surface area contributed by atoms with Gasteiger partial charge in [0.1, 0.15) is 18.2 Å². The minimum absolute atomic E-state index is 0.0400. The average Bonchev–Trinajstić information content (AvgIpc) is 2.80. The van der Waals surface area contributed by atoms with Gasteiger partial charge in [0.25, 0.3) is 0 Å². The summed E-state index contributed by atoms with van der Waals surface area (Å²) in [5.74, 6) is -2.52. The Kier molecular flexibility index (Phi) is 14.8. The fourth-order valence-electron chi connectivity index (χ4n) is 4.37. The monoisotopic (exact) mass is 509 g/mol. The van der Waals surface area contributed by atoms with Crippen LogP contribution in [0.25, 0.3) is 0 Å². The summed E-state index contributed by atoms with van der Waals surface area (Å²) in [5, 5.41) is 15.0. The highest BCUT2D eigenvalue weighted by Crippen LogP contribution is 2.19. The third-order valence-corrected chi connectivity index (χ3v) is 6.39. The second-order valence-electron chi connectivity index (χ2n) is 10.4. The molecule has 3 amide bonds. The molecule has 0 bridgehead atoms. The van der Waals surface area contributed by atoms with Crippen molar-refractivity contribution in [2.75, 3.05) is 14.1 Å². The number of hydrogen-bond acceptors (Lipinski definition) is 5. The zero-order valence-electron chi connectivity index (χ0n) is 22.8. The maximum Gasteiger partial charge on any atom is 0.408 e. The lowest BCUT2D eigenvalue weighted by Gasteiger charge is -2.26. The Bertz CT molecular complexity index is 737. The Balaban J connectivity index is 3.13. The van der Waals surface area contributed by atoms with Crippen molar-refractivity contribution in [3.8, 4) is 0 Å². The van der Waals surface area contributed by atoms with Crippen LogP contribution in [0.5, 0.6) is 0 Å². The van der Waals surface area contributed by atoms with Gasteiger partial charge in [0.15, 0.2) is 0 Å². The van der Waals surface area contributed by atoms with E-state index in [1.165, 1.54) is 11.3 Å². The Morgan fingerprint density at radius 2 is 1.81 bits per heavy atom. The van der Waals surface area contributed by atoms with Gasteiger partial charge in [-0.15, -0.1) is 0 Å². The van der Waals surface area contributed by atoms with E-state index in [1.54, 1.807) is 14.1 Å². The van der Waals surface area contributed by atoms with Crippen LogP contribution in [-0.4, -0.2) is 66.2 Å². The van der Waals surface area contributed by atoms with Gasteiger partial charge in [-0.2, -0.15) is 0 Å². The molecule has 0 fully saturated rings. The number of amides is 3. The molecule has 2 unspecified atom stereocenters. The highest BCUT2D eigenvalue weighted by molar-refractivity contribution is 5.89. The summed E-state index contributed by atoms with van der Waals surface area (Å²) in [6, 6.07) is -2.19. The lowest BCUT2D eigenvalue weighted by Crippen LogP contribution is -2.53. The quantitative estimate of drug-likeness (QED) is 0.298. The molecule has 36 heavy (non-hydrogen) atoms. The molecular weight excluding hydrogens is 462 g/mol. The summed E-state index contributed by atoms with van der Waals surface area (Å²) in [5.41, 5.74) is 0. The van der Waals surface area contributed by atoms with Gasteiger partial charge >= 0.3 is 12.1 Å². The van der Waals surface area contributed by atoms with Crippen molar-refractivity contribution in [3.05, 3.63) is 12.2 Å². The smallest absolute Gasteiger partial charge is 0.408 e. The molecule has 0 aliphatic carbocycles. The van der Waals surface area contributed by atoms with Crippen molar-refractivity contribution in [1.29, 1.82) is 0 Å². The van der Waals surface area contributed by atoms with Crippen molar-refractivity contribution in [2.24, 2.45) is 11.8 Å². The molecule has 4 atom stereocenters. The largest absolute Gasteiger partial charge is 0.480 e. The summed E-state index contributed by atoms with van der Waals surface area (Å²) in [6.07, 6.45) is 11.1. The third kappa shape index (κ3) is 12.4. The predicted octanol–water partition coefficient (Wildman–Crippen LogP) is 4.26. The van der Waals surface area contributed by atoms with Crippen LogP contribution in [0.2, 0.25) is 0 Å². The van der Waals surface area contributed by atoms with Crippen molar-refractivity contribution in [3.63, 3.8) is 0 Å². The lowest BCUT2D eigenvalue weighted by molar-refractivity contribution is -0.143. The average molecular weight is 510 g/mol. The van der Waals surface area contributed by atoms with Crippen LogP contribution in [-0.2, 0) is 19.1 Å². The van der Waals surface area contributed by atoms with Gasteiger partial charge in [-0.1, -0.05) is 58.6 Å². The second-order valence-corrected chi connectivity index (χ2v) is 10.4. The molecule has 0 saturated carbocycles. The number of nitrogens with one attached hydrogen (secondary N) is 2. The molecule has 1 aliphatic heterocycles. The molecule has 1 heterocycles. The SMILES string of the molecule is CCCCCCCC1CC/C=C\CC(C(=O)N(C)C)C[C@@H](C(=O)O)NC(=O)[C@H](CC(C)C)NC(=O)O1. The van der Waals surface area contributed by atoms with E-state index >= 15 is 0 Å².